The smallest absolute Gasteiger partial charge is 0.323 e. The van der Waals surface area contributed by atoms with E-state index >= 15 is 0 Å². The molecular formula is C12H24FN2O5P. The van der Waals surface area contributed by atoms with Crippen molar-refractivity contribution in [2.75, 3.05) is 20.4 Å². The van der Waals surface area contributed by atoms with Crippen molar-refractivity contribution in [1.82, 2.24) is 10.4 Å². The highest BCUT2D eigenvalue weighted by atomic mass is 31.2. The van der Waals surface area contributed by atoms with Crippen molar-refractivity contribution in [2.24, 2.45) is 0 Å². The summed E-state index contributed by atoms with van der Waals surface area (Å²) in [5.41, 5.74) is -1.78. The van der Waals surface area contributed by atoms with Crippen LogP contribution < -0.4 is 10.4 Å². The molecule has 0 aromatic rings. The Morgan fingerprint density at radius 3 is 2.62 bits per heavy atom. The summed E-state index contributed by atoms with van der Waals surface area (Å²) in [7, 11) is -2.05. The number of esters is 1. The number of halogens is 1. The molecular weight excluding hydrogens is 302 g/mol. The summed E-state index contributed by atoms with van der Waals surface area (Å²) in [4.78, 5) is 11.3. The maximum atomic E-state index is 14.1. The third-order valence-corrected chi connectivity index (χ3v) is 5.25. The van der Waals surface area contributed by atoms with E-state index in [0.717, 1.165) is 0 Å². The molecule has 0 saturated carbocycles. The van der Waals surface area contributed by atoms with Crippen molar-refractivity contribution < 1.29 is 28.1 Å². The molecule has 21 heavy (non-hydrogen) atoms. The second-order valence-electron chi connectivity index (χ2n) is 5.61. The number of aliphatic hydroxyl groups is 1. The van der Waals surface area contributed by atoms with Crippen molar-refractivity contribution in [1.29, 1.82) is 0 Å². The van der Waals surface area contributed by atoms with Gasteiger partial charge in [-0.25, -0.2) is 9.48 Å². The molecule has 1 aliphatic heterocycles. The Morgan fingerprint density at radius 2 is 2.19 bits per heavy atom. The molecule has 3 N–H and O–H groups in total. The Balaban J connectivity index is 2.55. The Morgan fingerprint density at radius 1 is 1.62 bits per heavy atom. The van der Waals surface area contributed by atoms with E-state index in [2.05, 4.69) is 15.1 Å². The number of carbonyl (C=O) groups is 1. The lowest BCUT2D eigenvalue weighted by atomic mass is 9.96. The van der Waals surface area contributed by atoms with Crippen LogP contribution in [0.15, 0.2) is 0 Å². The molecule has 124 valence electrons. The number of rotatable bonds is 6. The van der Waals surface area contributed by atoms with Gasteiger partial charge in [0, 0.05) is 12.7 Å². The van der Waals surface area contributed by atoms with Gasteiger partial charge in [0.1, 0.15) is 17.8 Å². The quantitative estimate of drug-likeness (QED) is 0.481. The molecule has 0 amide bonds. The minimum absolute atomic E-state index is 0.139. The SMILES string of the molecule is COC(=O)[C@H](C)NP(C)(=O)OC[C@H]1N[C@@H](C)[C@](C)(F)[C@@H]1O. The fourth-order valence-corrected chi connectivity index (χ4v) is 3.53. The summed E-state index contributed by atoms with van der Waals surface area (Å²) in [6.45, 7) is 5.59. The molecule has 1 rings (SSSR count). The van der Waals surface area contributed by atoms with Gasteiger partial charge in [0.05, 0.1) is 19.8 Å². The molecule has 9 heteroatoms. The number of hydrogen-bond acceptors (Lipinski definition) is 6. The minimum Gasteiger partial charge on any atom is -0.468 e. The van der Waals surface area contributed by atoms with Crippen LogP contribution in [-0.2, 0) is 18.6 Å². The van der Waals surface area contributed by atoms with Gasteiger partial charge in [0.15, 0.2) is 0 Å². The molecule has 0 spiro atoms. The molecule has 0 aromatic heterocycles. The topological polar surface area (TPSA) is 96.9 Å². The maximum absolute atomic E-state index is 14.1. The predicted molar refractivity (Wildman–Crippen MR) is 76.0 cm³/mol. The van der Waals surface area contributed by atoms with E-state index in [1.807, 2.05) is 0 Å². The summed E-state index contributed by atoms with van der Waals surface area (Å²) in [6.07, 6.45) is -1.26. The zero-order valence-electron chi connectivity index (χ0n) is 12.9. The van der Waals surface area contributed by atoms with Crippen LogP contribution in [0.4, 0.5) is 4.39 Å². The third kappa shape index (κ3) is 4.47. The molecule has 1 fully saturated rings. The summed E-state index contributed by atoms with van der Waals surface area (Å²) in [6, 6.07) is -2.00. The minimum atomic E-state index is -3.28. The largest absolute Gasteiger partial charge is 0.468 e. The second-order valence-corrected chi connectivity index (χ2v) is 7.81. The zero-order valence-corrected chi connectivity index (χ0v) is 13.8. The van der Waals surface area contributed by atoms with Gasteiger partial charge in [-0.2, -0.15) is 0 Å². The molecule has 0 bridgehead atoms. The maximum Gasteiger partial charge on any atom is 0.323 e. The van der Waals surface area contributed by atoms with E-state index in [4.69, 9.17) is 4.52 Å². The number of methoxy groups -OCH3 is 1. The molecule has 1 aliphatic rings. The predicted octanol–water partition coefficient (Wildman–Crippen LogP) is 0.426. The van der Waals surface area contributed by atoms with Gasteiger partial charge in [-0.3, -0.25) is 9.36 Å². The van der Waals surface area contributed by atoms with Crippen molar-refractivity contribution in [3.05, 3.63) is 0 Å². The Bertz CT molecular complexity index is 434. The van der Waals surface area contributed by atoms with Gasteiger partial charge in [-0.1, -0.05) is 0 Å². The van der Waals surface area contributed by atoms with Crippen molar-refractivity contribution >= 4 is 13.5 Å². The lowest BCUT2D eigenvalue weighted by Gasteiger charge is -2.24. The van der Waals surface area contributed by atoms with Gasteiger partial charge in [-0.15, -0.1) is 0 Å². The van der Waals surface area contributed by atoms with Crippen molar-refractivity contribution in [3.63, 3.8) is 0 Å². The van der Waals surface area contributed by atoms with Crippen LogP contribution in [0.2, 0.25) is 0 Å². The molecule has 1 unspecified atom stereocenters. The molecule has 0 aliphatic carbocycles. The van der Waals surface area contributed by atoms with E-state index in [1.165, 1.54) is 27.6 Å². The zero-order chi connectivity index (χ0) is 16.4. The van der Waals surface area contributed by atoms with Crippen molar-refractivity contribution in [3.8, 4) is 0 Å². The summed E-state index contributed by atoms with van der Waals surface area (Å²) in [5, 5.41) is 15.3. The van der Waals surface area contributed by atoms with Crippen LogP contribution in [0.1, 0.15) is 20.8 Å². The lowest BCUT2D eigenvalue weighted by molar-refractivity contribution is -0.142. The van der Waals surface area contributed by atoms with E-state index < -0.39 is 43.4 Å². The van der Waals surface area contributed by atoms with Gasteiger partial charge in [0.2, 0.25) is 0 Å². The first kappa shape index (κ1) is 18.5. The fourth-order valence-electron chi connectivity index (χ4n) is 2.21. The van der Waals surface area contributed by atoms with Crippen LogP contribution in [0.25, 0.3) is 0 Å². The Kier molecular flexibility index (Phi) is 5.91. The average Bonchev–Trinajstić information content (AvgIpc) is 2.58. The van der Waals surface area contributed by atoms with Gasteiger partial charge >= 0.3 is 5.97 Å². The Labute approximate surface area is 124 Å². The van der Waals surface area contributed by atoms with Crippen LogP contribution in [0, 0.1) is 0 Å². The van der Waals surface area contributed by atoms with Crippen LogP contribution in [0.5, 0.6) is 0 Å². The molecule has 7 nitrogen and oxygen atoms in total. The monoisotopic (exact) mass is 326 g/mol. The number of aliphatic hydroxyl groups excluding tert-OH is 1. The first-order chi connectivity index (χ1) is 9.51. The van der Waals surface area contributed by atoms with E-state index in [9.17, 15) is 18.9 Å². The fraction of sp³-hybridized carbons (Fsp3) is 0.917. The number of nitrogens with one attached hydrogen (secondary N) is 2. The molecule has 6 atom stereocenters. The van der Waals surface area contributed by atoms with Gasteiger partial charge < -0.3 is 19.7 Å². The second kappa shape index (κ2) is 6.71. The van der Waals surface area contributed by atoms with Crippen LogP contribution in [0.3, 0.4) is 0 Å². The number of hydrogen-bond donors (Lipinski definition) is 3. The molecule has 1 saturated heterocycles. The Hall–Kier alpha value is -0.530. The standard InChI is InChI=1S/C12H24FN2O5P/c1-7(11(17)19-4)15-21(5,18)20-6-9-10(16)12(3,13)8(2)14-9/h7-10,14,16H,6H2,1-5H3,(H,15,18)/t7-,8-,9+,10+,12-,21?/m0/s1. The molecule has 0 aromatic carbocycles. The summed E-state index contributed by atoms with van der Waals surface area (Å²) in [5.74, 6) is -0.565. The highest BCUT2D eigenvalue weighted by molar-refractivity contribution is 7.56. The molecule has 0 radical (unpaired) electrons. The summed E-state index contributed by atoms with van der Waals surface area (Å²) < 4.78 is 36.1. The van der Waals surface area contributed by atoms with Crippen LogP contribution >= 0.6 is 7.52 Å². The summed E-state index contributed by atoms with van der Waals surface area (Å²) >= 11 is 0. The first-order valence-corrected chi connectivity index (χ1v) is 8.79. The van der Waals surface area contributed by atoms with Crippen molar-refractivity contribution in [2.45, 2.75) is 50.7 Å². The van der Waals surface area contributed by atoms with Gasteiger partial charge in [0.25, 0.3) is 7.52 Å². The van der Waals surface area contributed by atoms with Crippen LogP contribution in [-0.4, -0.2) is 61.4 Å². The highest BCUT2D eigenvalue weighted by Crippen LogP contribution is 2.39. The lowest BCUT2D eigenvalue weighted by Crippen LogP contribution is -2.41. The molecule has 1 heterocycles. The highest BCUT2D eigenvalue weighted by Gasteiger charge is 2.50. The van der Waals surface area contributed by atoms with Gasteiger partial charge in [-0.05, 0) is 20.8 Å². The number of ether oxygens (including phenoxy) is 1. The number of alkyl halides is 1. The normalized spacial score (nSPS) is 37.0. The van der Waals surface area contributed by atoms with E-state index in [-0.39, 0.29) is 6.61 Å². The average molecular weight is 326 g/mol. The van der Waals surface area contributed by atoms with E-state index in [0.29, 0.717) is 0 Å². The first-order valence-electron chi connectivity index (χ1n) is 6.72. The number of carbonyl (C=O) groups excluding carboxylic acids is 1. The van der Waals surface area contributed by atoms with E-state index in [1.54, 1.807) is 6.92 Å². The third-order valence-electron chi connectivity index (χ3n) is 3.75.